The summed E-state index contributed by atoms with van der Waals surface area (Å²) >= 11 is 0. The van der Waals surface area contributed by atoms with Gasteiger partial charge in [0.05, 0.1) is 11.3 Å². The van der Waals surface area contributed by atoms with Crippen LogP contribution in [0.4, 0.5) is 18.9 Å². The predicted molar refractivity (Wildman–Crippen MR) is 80.5 cm³/mol. The number of anilines is 1. The van der Waals surface area contributed by atoms with E-state index in [4.69, 9.17) is 5.73 Å². The van der Waals surface area contributed by atoms with Crippen LogP contribution in [0, 0.1) is 0 Å². The molecule has 3 aromatic rings. The molecule has 3 aromatic carbocycles. The minimum Gasteiger partial charge on any atom is -0.505 e. The van der Waals surface area contributed by atoms with Crippen LogP contribution in [0.15, 0.2) is 54.6 Å². The smallest absolute Gasteiger partial charge is 0.417 e. The molecule has 0 saturated heterocycles. The van der Waals surface area contributed by atoms with Crippen molar-refractivity contribution in [2.24, 2.45) is 0 Å². The first-order chi connectivity index (χ1) is 10.4. The summed E-state index contributed by atoms with van der Waals surface area (Å²) in [5.74, 6) is -0.550. The van der Waals surface area contributed by atoms with Crippen LogP contribution in [-0.4, -0.2) is 5.11 Å². The normalized spacial score (nSPS) is 11.8. The third kappa shape index (κ3) is 2.24. The number of rotatable bonds is 1. The highest BCUT2D eigenvalue weighted by Gasteiger charge is 2.35. The topological polar surface area (TPSA) is 46.2 Å². The molecular weight excluding hydrogens is 291 g/mol. The van der Waals surface area contributed by atoms with E-state index in [1.807, 2.05) is 0 Å². The SMILES string of the molecule is Nc1ccc(C(F)(F)F)c(-c2cccc3ccccc23)c1O. The van der Waals surface area contributed by atoms with Crippen LogP contribution in [-0.2, 0) is 6.18 Å². The standard InChI is InChI=1S/C17H12F3NO/c18-17(19,20)13-8-9-14(21)16(22)15(13)12-7-3-5-10-4-1-2-6-11(10)12/h1-9,22H,21H2. The van der Waals surface area contributed by atoms with E-state index < -0.39 is 17.5 Å². The Balaban J connectivity index is 2.43. The van der Waals surface area contributed by atoms with Crippen LogP contribution in [0.5, 0.6) is 5.75 Å². The number of halogens is 3. The largest absolute Gasteiger partial charge is 0.505 e. The maximum absolute atomic E-state index is 13.3. The van der Waals surface area contributed by atoms with Gasteiger partial charge in [0.25, 0.3) is 0 Å². The summed E-state index contributed by atoms with van der Waals surface area (Å²) in [6.07, 6.45) is -4.59. The van der Waals surface area contributed by atoms with Crippen LogP contribution < -0.4 is 5.73 Å². The monoisotopic (exact) mass is 303 g/mol. The van der Waals surface area contributed by atoms with E-state index in [1.165, 1.54) is 0 Å². The number of nitrogens with two attached hydrogens (primary N) is 1. The second kappa shape index (κ2) is 4.94. The predicted octanol–water partition coefficient (Wildman–Crippen LogP) is 4.81. The van der Waals surface area contributed by atoms with Crippen LogP contribution in [0.25, 0.3) is 21.9 Å². The van der Waals surface area contributed by atoms with Gasteiger partial charge in [-0.15, -0.1) is 0 Å². The van der Waals surface area contributed by atoms with Crippen LogP contribution >= 0.6 is 0 Å². The molecule has 0 bridgehead atoms. The number of fused-ring (bicyclic) bond motifs is 1. The second-order valence-electron chi connectivity index (χ2n) is 4.95. The van der Waals surface area contributed by atoms with Crippen molar-refractivity contribution in [3.05, 3.63) is 60.2 Å². The molecule has 0 aromatic heterocycles. The summed E-state index contributed by atoms with van der Waals surface area (Å²) in [7, 11) is 0. The molecule has 0 saturated carbocycles. The summed E-state index contributed by atoms with van der Waals surface area (Å²) in [6, 6.07) is 14.0. The minimum atomic E-state index is -4.59. The number of phenolic OH excluding ortho intramolecular Hbond substituents is 1. The van der Waals surface area contributed by atoms with Crippen molar-refractivity contribution in [3.63, 3.8) is 0 Å². The van der Waals surface area contributed by atoms with Crippen molar-refractivity contribution >= 4 is 16.5 Å². The van der Waals surface area contributed by atoms with Crippen LogP contribution in [0.2, 0.25) is 0 Å². The lowest BCUT2D eigenvalue weighted by atomic mass is 9.93. The van der Waals surface area contributed by atoms with Crippen molar-refractivity contribution in [2.75, 3.05) is 5.73 Å². The van der Waals surface area contributed by atoms with E-state index in [0.29, 0.717) is 10.9 Å². The first-order valence-electron chi connectivity index (χ1n) is 6.56. The van der Waals surface area contributed by atoms with E-state index in [2.05, 4.69) is 0 Å². The lowest BCUT2D eigenvalue weighted by Gasteiger charge is -2.17. The van der Waals surface area contributed by atoms with E-state index in [9.17, 15) is 18.3 Å². The van der Waals surface area contributed by atoms with Gasteiger partial charge >= 0.3 is 6.18 Å². The fourth-order valence-electron chi connectivity index (χ4n) is 2.56. The van der Waals surface area contributed by atoms with Gasteiger partial charge in [0.15, 0.2) is 0 Å². The Morgan fingerprint density at radius 1 is 0.864 bits per heavy atom. The van der Waals surface area contributed by atoms with Crippen molar-refractivity contribution < 1.29 is 18.3 Å². The highest BCUT2D eigenvalue weighted by Crippen LogP contribution is 2.46. The van der Waals surface area contributed by atoms with E-state index in [0.717, 1.165) is 17.5 Å². The molecule has 2 nitrogen and oxygen atoms in total. The molecule has 0 spiro atoms. The van der Waals surface area contributed by atoms with Gasteiger partial charge in [0.1, 0.15) is 5.75 Å². The Hall–Kier alpha value is -2.69. The summed E-state index contributed by atoms with van der Waals surface area (Å²) in [5.41, 5.74) is 4.62. The van der Waals surface area contributed by atoms with Gasteiger partial charge < -0.3 is 10.8 Å². The third-order valence-electron chi connectivity index (χ3n) is 3.57. The lowest BCUT2D eigenvalue weighted by molar-refractivity contribution is -0.137. The Morgan fingerprint density at radius 3 is 2.27 bits per heavy atom. The Labute approximate surface area is 124 Å². The highest BCUT2D eigenvalue weighted by atomic mass is 19.4. The molecule has 0 atom stereocenters. The fraction of sp³-hybridized carbons (Fsp3) is 0.0588. The quantitative estimate of drug-likeness (QED) is 0.500. The Morgan fingerprint density at radius 2 is 1.55 bits per heavy atom. The molecule has 5 heteroatoms. The number of aromatic hydroxyl groups is 1. The number of phenols is 1. The zero-order valence-electron chi connectivity index (χ0n) is 11.4. The summed E-state index contributed by atoms with van der Waals surface area (Å²) in [6.45, 7) is 0. The maximum atomic E-state index is 13.3. The molecule has 3 rings (SSSR count). The molecule has 0 aliphatic heterocycles. The van der Waals surface area contributed by atoms with Gasteiger partial charge in [0.2, 0.25) is 0 Å². The van der Waals surface area contributed by atoms with E-state index >= 15 is 0 Å². The van der Waals surface area contributed by atoms with Crippen molar-refractivity contribution in [3.8, 4) is 16.9 Å². The molecular formula is C17H12F3NO. The average molecular weight is 303 g/mol. The maximum Gasteiger partial charge on any atom is 0.417 e. The molecule has 22 heavy (non-hydrogen) atoms. The number of hydrogen-bond donors (Lipinski definition) is 2. The molecule has 0 radical (unpaired) electrons. The highest BCUT2D eigenvalue weighted by molar-refractivity contribution is 5.99. The number of hydrogen-bond acceptors (Lipinski definition) is 2. The van der Waals surface area contributed by atoms with E-state index in [-0.39, 0.29) is 11.3 Å². The molecule has 0 fully saturated rings. The van der Waals surface area contributed by atoms with E-state index in [1.54, 1.807) is 42.5 Å². The number of benzene rings is 3. The first-order valence-corrected chi connectivity index (χ1v) is 6.56. The van der Waals surface area contributed by atoms with Gasteiger partial charge in [0, 0.05) is 5.56 Å². The number of nitrogen functional groups attached to an aromatic ring is 1. The lowest BCUT2D eigenvalue weighted by Crippen LogP contribution is -2.08. The van der Waals surface area contributed by atoms with Gasteiger partial charge in [-0.25, -0.2) is 0 Å². The van der Waals surface area contributed by atoms with Crippen molar-refractivity contribution in [1.82, 2.24) is 0 Å². The second-order valence-corrected chi connectivity index (χ2v) is 4.95. The van der Waals surface area contributed by atoms with Gasteiger partial charge in [-0.05, 0) is 28.5 Å². The zero-order valence-corrected chi connectivity index (χ0v) is 11.4. The Bertz CT molecular complexity index is 851. The minimum absolute atomic E-state index is 0.0871. The first kappa shape index (κ1) is 14.3. The molecule has 0 amide bonds. The molecule has 0 unspecified atom stereocenters. The number of alkyl halides is 3. The van der Waals surface area contributed by atoms with Crippen molar-refractivity contribution in [2.45, 2.75) is 6.18 Å². The zero-order chi connectivity index (χ0) is 15.9. The van der Waals surface area contributed by atoms with Gasteiger partial charge in [-0.1, -0.05) is 42.5 Å². The summed E-state index contributed by atoms with van der Waals surface area (Å²) < 4.78 is 39.9. The fourth-order valence-corrected chi connectivity index (χ4v) is 2.56. The van der Waals surface area contributed by atoms with Gasteiger partial charge in [-0.2, -0.15) is 13.2 Å². The summed E-state index contributed by atoms with van der Waals surface area (Å²) in [4.78, 5) is 0. The molecule has 3 N–H and O–H groups in total. The average Bonchev–Trinajstić information content (AvgIpc) is 2.48. The molecule has 0 aliphatic rings. The van der Waals surface area contributed by atoms with Gasteiger partial charge in [-0.3, -0.25) is 0 Å². The summed E-state index contributed by atoms with van der Waals surface area (Å²) in [5, 5.41) is 11.5. The molecule has 0 heterocycles. The van der Waals surface area contributed by atoms with Crippen LogP contribution in [0.1, 0.15) is 5.56 Å². The van der Waals surface area contributed by atoms with Crippen LogP contribution in [0.3, 0.4) is 0 Å². The van der Waals surface area contributed by atoms with Crippen molar-refractivity contribution in [1.29, 1.82) is 0 Å². The molecule has 112 valence electrons. The molecule has 0 aliphatic carbocycles. The third-order valence-corrected chi connectivity index (χ3v) is 3.57. The Kier molecular flexibility index (Phi) is 3.20.